The van der Waals surface area contributed by atoms with Crippen molar-refractivity contribution >= 4 is 17.2 Å². The van der Waals surface area contributed by atoms with Crippen LogP contribution in [0, 0.1) is 5.41 Å². The minimum atomic E-state index is 0.0266. The number of hydrogen-bond acceptors (Lipinski definition) is 5. The molecule has 3 heterocycles. The summed E-state index contributed by atoms with van der Waals surface area (Å²) in [5.74, 6) is 1.65. The normalized spacial score (nSPS) is 16.0. The van der Waals surface area contributed by atoms with E-state index in [0.717, 1.165) is 5.56 Å². The van der Waals surface area contributed by atoms with Crippen molar-refractivity contribution < 1.29 is 9.32 Å². The Hall–Kier alpha value is -1.69. The molecule has 0 unspecified atom stereocenters. The summed E-state index contributed by atoms with van der Waals surface area (Å²) in [6, 6.07) is 1.97. The summed E-state index contributed by atoms with van der Waals surface area (Å²) in [6.07, 6.45) is 0.573. The number of nitrogens with zero attached hydrogens (tertiary/aromatic N) is 3. The van der Waals surface area contributed by atoms with Gasteiger partial charge in [-0.3, -0.25) is 4.79 Å². The van der Waals surface area contributed by atoms with E-state index in [0.29, 0.717) is 31.2 Å². The molecule has 1 fully saturated rings. The number of likely N-dealkylation sites (tertiary alicyclic amines) is 1. The van der Waals surface area contributed by atoms with E-state index < -0.39 is 0 Å². The van der Waals surface area contributed by atoms with Gasteiger partial charge in [0.05, 0.1) is 5.92 Å². The highest BCUT2D eigenvalue weighted by molar-refractivity contribution is 7.08. The first kappa shape index (κ1) is 14.3. The van der Waals surface area contributed by atoms with E-state index in [-0.39, 0.29) is 17.2 Å². The Labute approximate surface area is 128 Å². The highest BCUT2D eigenvalue weighted by atomic mass is 32.1. The van der Waals surface area contributed by atoms with Gasteiger partial charge in [-0.2, -0.15) is 16.3 Å². The number of thiophene rings is 1. The van der Waals surface area contributed by atoms with Crippen molar-refractivity contribution in [2.24, 2.45) is 5.41 Å². The molecule has 0 bridgehead atoms. The molecule has 0 N–H and O–H groups in total. The van der Waals surface area contributed by atoms with Crippen LogP contribution in [0.15, 0.2) is 21.3 Å². The summed E-state index contributed by atoms with van der Waals surface area (Å²) < 4.78 is 5.33. The second-order valence-corrected chi connectivity index (χ2v) is 7.48. The van der Waals surface area contributed by atoms with Crippen molar-refractivity contribution in [3.8, 4) is 11.4 Å². The molecule has 6 heteroatoms. The van der Waals surface area contributed by atoms with E-state index in [4.69, 9.17) is 4.52 Å². The van der Waals surface area contributed by atoms with Crippen molar-refractivity contribution in [3.63, 3.8) is 0 Å². The monoisotopic (exact) mass is 305 g/mol. The zero-order valence-corrected chi connectivity index (χ0v) is 13.3. The first-order chi connectivity index (χ1) is 9.92. The van der Waals surface area contributed by atoms with Gasteiger partial charge in [0.2, 0.25) is 17.6 Å². The molecule has 0 radical (unpaired) electrons. The average molecular weight is 305 g/mol. The molecule has 0 aromatic carbocycles. The van der Waals surface area contributed by atoms with E-state index in [9.17, 15) is 4.79 Å². The number of amides is 1. The van der Waals surface area contributed by atoms with Crippen LogP contribution in [-0.2, 0) is 4.79 Å². The molecule has 2 aromatic heterocycles. The minimum Gasteiger partial charge on any atom is -0.341 e. The lowest BCUT2D eigenvalue weighted by Crippen LogP contribution is -2.49. The number of rotatable bonds is 3. The van der Waals surface area contributed by atoms with Crippen LogP contribution < -0.4 is 0 Å². The third-order valence-electron chi connectivity index (χ3n) is 3.49. The van der Waals surface area contributed by atoms with E-state index in [2.05, 4.69) is 30.9 Å². The number of hydrogen-bond donors (Lipinski definition) is 0. The number of carbonyl (C=O) groups excluding carboxylic acids is 1. The van der Waals surface area contributed by atoms with Crippen molar-refractivity contribution in [2.75, 3.05) is 13.1 Å². The lowest BCUT2D eigenvalue weighted by Gasteiger charge is -2.38. The summed E-state index contributed by atoms with van der Waals surface area (Å²) in [6.45, 7) is 7.59. The molecule has 0 atom stereocenters. The third kappa shape index (κ3) is 3.15. The fourth-order valence-electron chi connectivity index (χ4n) is 2.31. The summed E-state index contributed by atoms with van der Waals surface area (Å²) in [7, 11) is 0. The topological polar surface area (TPSA) is 59.2 Å². The van der Waals surface area contributed by atoms with Gasteiger partial charge in [-0.15, -0.1) is 0 Å². The molecule has 1 saturated heterocycles. The van der Waals surface area contributed by atoms with Gasteiger partial charge in [0, 0.05) is 30.5 Å². The Morgan fingerprint density at radius 1 is 1.48 bits per heavy atom. The van der Waals surface area contributed by atoms with Crippen LogP contribution in [-0.4, -0.2) is 34.0 Å². The highest BCUT2D eigenvalue weighted by Crippen LogP contribution is 2.30. The van der Waals surface area contributed by atoms with Crippen LogP contribution in [0.5, 0.6) is 0 Å². The Morgan fingerprint density at radius 3 is 2.86 bits per heavy atom. The third-order valence-corrected chi connectivity index (χ3v) is 4.17. The second kappa shape index (κ2) is 5.26. The van der Waals surface area contributed by atoms with Crippen LogP contribution in [0.4, 0.5) is 0 Å². The maximum Gasteiger partial charge on any atom is 0.233 e. The first-order valence-electron chi connectivity index (χ1n) is 7.06. The summed E-state index contributed by atoms with van der Waals surface area (Å²) in [5.41, 5.74) is 1.01. The molecule has 112 valence electrons. The fourth-order valence-corrected chi connectivity index (χ4v) is 2.95. The minimum absolute atomic E-state index is 0.0266. The average Bonchev–Trinajstić information content (AvgIpc) is 2.93. The van der Waals surface area contributed by atoms with Crippen LogP contribution >= 0.6 is 11.3 Å². The molecule has 0 spiro atoms. The van der Waals surface area contributed by atoms with Gasteiger partial charge in [-0.05, 0) is 16.9 Å². The van der Waals surface area contributed by atoms with Crippen LogP contribution in [0.2, 0.25) is 0 Å². The van der Waals surface area contributed by atoms with Crippen molar-refractivity contribution in [1.82, 2.24) is 15.0 Å². The molecule has 1 aliphatic rings. The van der Waals surface area contributed by atoms with Gasteiger partial charge in [-0.1, -0.05) is 25.9 Å². The maximum atomic E-state index is 12.1. The molecule has 5 nitrogen and oxygen atoms in total. The molecular formula is C15H19N3O2S. The van der Waals surface area contributed by atoms with Crippen LogP contribution in [0.3, 0.4) is 0 Å². The summed E-state index contributed by atoms with van der Waals surface area (Å²) in [4.78, 5) is 18.4. The highest BCUT2D eigenvalue weighted by Gasteiger charge is 2.36. The van der Waals surface area contributed by atoms with E-state index in [1.165, 1.54) is 0 Å². The second-order valence-electron chi connectivity index (χ2n) is 6.70. The summed E-state index contributed by atoms with van der Waals surface area (Å²) >= 11 is 1.61. The molecule has 21 heavy (non-hydrogen) atoms. The predicted octanol–water partition coefficient (Wildman–Crippen LogP) is 3.16. The number of carbonyl (C=O) groups is 1. The zero-order chi connectivity index (χ0) is 15.0. The van der Waals surface area contributed by atoms with Gasteiger partial charge < -0.3 is 9.42 Å². The molecule has 2 aromatic rings. The van der Waals surface area contributed by atoms with Gasteiger partial charge in [0.25, 0.3) is 0 Å². The molecule has 3 rings (SSSR count). The molecule has 1 amide bonds. The van der Waals surface area contributed by atoms with Crippen molar-refractivity contribution in [3.05, 3.63) is 22.7 Å². The smallest absolute Gasteiger partial charge is 0.233 e. The number of aromatic nitrogens is 2. The molecule has 0 aliphatic carbocycles. The standard InChI is InChI=1S/C15H19N3O2S/c1-15(2,3)6-12(19)18-7-11(8-18)14-16-13(17-20-14)10-4-5-21-9-10/h4-5,9,11H,6-8H2,1-3H3. The van der Waals surface area contributed by atoms with Gasteiger partial charge in [0.15, 0.2) is 0 Å². The first-order valence-corrected chi connectivity index (χ1v) is 8.00. The van der Waals surface area contributed by atoms with Gasteiger partial charge in [-0.25, -0.2) is 0 Å². The van der Waals surface area contributed by atoms with Crippen LogP contribution in [0.1, 0.15) is 39.0 Å². The molecule has 1 aliphatic heterocycles. The molecular weight excluding hydrogens is 286 g/mol. The largest absolute Gasteiger partial charge is 0.341 e. The SMILES string of the molecule is CC(C)(C)CC(=O)N1CC(c2nc(-c3ccsc3)no2)C1. The fraction of sp³-hybridized carbons (Fsp3) is 0.533. The van der Waals surface area contributed by atoms with E-state index in [1.54, 1.807) is 11.3 Å². The van der Waals surface area contributed by atoms with Gasteiger partial charge in [0.1, 0.15) is 0 Å². The molecule has 0 saturated carbocycles. The van der Waals surface area contributed by atoms with Crippen LogP contribution in [0.25, 0.3) is 11.4 Å². The Kier molecular flexibility index (Phi) is 3.57. The lowest BCUT2D eigenvalue weighted by molar-refractivity contribution is -0.137. The zero-order valence-electron chi connectivity index (χ0n) is 12.5. The predicted molar refractivity (Wildman–Crippen MR) is 81.0 cm³/mol. The Morgan fingerprint density at radius 2 is 2.24 bits per heavy atom. The Bertz CT molecular complexity index is 622. The van der Waals surface area contributed by atoms with Crippen molar-refractivity contribution in [2.45, 2.75) is 33.1 Å². The Balaban J connectivity index is 1.58. The van der Waals surface area contributed by atoms with Gasteiger partial charge >= 0.3 is 0 Å². The van der Waals surface area contributed by atoms with Crippen molar-refractivity contribution in [1.29, 1.82) is 0 Å². The van der Waals surface area contributed by atoms with E-state index in [1.807, 2.05) is 21.7 Å². The summed E-state index contributed by atoms with van der Waals surface area (Å²) in [5, 5.41) is 7.99. The van der Waals surface area contributed by atoms with E-state index >= 15 is 0 Å². The quantitative estimate of drug-likeness (QED) is 0.874. The lowest BCUT2D eigenvalue weighted by atomic mass is 9.90. The maximum absolute atomic E-state index is 12.1.